The second-order valence-corrected chi connectivity index (χ2v) is 10.4. The summed E-state index contributed by atoms with van der Waals surface area (Å²) in [4.78, 5) is 15.3. The molecule has 0 atom stereocenters. The quantitative estimate of drug-likeness (QED) is 0.644. The number of para-hydroxylation sites is 2. The van der Waals surface area contributed by atoms with E-state index in [1.54, 1.807) is 18.2 Å². The van der Waals surface area contributed by atoms with Crippen molar-refractivity contribution in [3.8, 4) is 0 Å². The van der Waals surface area contributed by atoms with Crippen LogP contribution in [0.25, 0.3) is 0 Å². The summed E-state index contributed by atoms with van der Waals surface area (Å²) in [6, 6.07) is 12.9. The van der Waals surface area contributed by atoms with Gasteiger partial charge in [-0.2, -0.15) is 4.31 Å². The Morgan fingerprint density at radius 2 is 1.70 bits per heavy atom. The van der Waals surface area contributed by atoms with Crippen LogP contribution < -0.4 is 15.5 Å². The molecule has 178 valence electrons. The Hall–Kier alpha value is -2.62. The summed E-state index contributed by atoms with van der Waals surface area (Å²) < 4.78 is 32.6. The van der Waals surface area contributed by atoms with E-state index in [0.29, 0.717) is 32.0 Å². The number of piperidine rings is 1. The number of aryl methyl sites for hydroxylation is 1. The van der Waals surface area contributed by atoms with Gasteiger partial charge in [-0.25, -0.2) is 8.42 Å². The maximum Gasteiger partial charge on any atom is 0.243 e. The fourth-order valence-corrected chi connectivity index (χ4v) is 5.67. The molecule has 8 nitrogen and oxygen atoms in total. The molecule has 0 radical (unpaired) electrons. The number of rotatable bonds is 7. The fraction of sp³-hybridized carbons (Fsp3) is 0.458. The number of morpholine rings is 1. The Morgan fingerprint density at radius 3 is 2.45 bits per heavy atom. The van der Waals surface area contributed by atoms with Crippen molar-refractivity contribution < 1.29 is 17.9 Å². The van der Waals surface area contributed by atoms with Crippen LogP contribution in [0.4, 0.5) is 17.1 Å². The average molecular weight is 473 g/mol. The second kappa shape index (κ2) is 10.5. The Morgan fingerprint density at radius 1 is 0.970 bits per heavy atom. The number of anilines is 3. The van der Waals surface area contributed by atoms with Gasteiger partial charge < -0.3 is 20.3 Å². The molecule has 2 N–H and O–H groups in total. The Labute approximate surface area is 196 Å². The van der Waals surface area contributed by atoms with E-state index in [1.165, 1.54) is 23.6 Å². The summed E-state index contributed by atoms with van der Waals surface area (Å²) in [7, 11) is -3.63. The number of carbonyl (C=O) groups excluding carboxylic acids is 1. The predicted molar refractivity (Wildman–Crippen MR) is 130 cm³/mol. The Kier molecular flexibility index (Phi) is 7.52. The molecule has 0 aromatic heterocycles. The molecule has 0 bridgehead atoms. The molecule has 2 aliphatic rings. The lowest BCUT2D eigenvalue weighted by Gasteiger charge is -2.30. The zero-order valence-electron chi connectivity index (χ0n) is 19.0. The van der Waals surface area contributed by atoms with Crippen LogP contribution >= 0.6 is 0 Å². The summed E-state index contributed by atoms with van der Waals surface area (Å²) in [5, 5.41) is 6.12. The van der Waals surface area contributed by atoms with Gasteiger partial charge >= 0.3 is 0 Å². The number of carbonyl (C=O) groups is 1. The molecule has 4 rings (SSSR count). The second-order valence-electron chi connectivity index (χ2n) is 8.46. The van der Waals surface area contributed by atoms with Crippen LogP contribution in [0, 0.1) is 6.92 Å². The van der Waals surface area contributed by atoms with Gasteiger partial charge in [0, 0.05) is 31.9 Å². The van der Waals surface area contributed by atoms with Crippen molar-refractivity contribution in [3.05, 3.63) is 48.0 Å². The Balaban J connectivity index is 1.43. The Bertz CT molecular complexity index is 1080. The number of nitrogens with one attached hydrogen (secondary N) is 2. The number of sulfonamides is 1. The van der Waals surface area contributed by atoms with Crippen LogP contribution in [0.15, 0.2) is 47.4 Å². The van der Waals surface area contributed by atoms with Crippen LogP contribution in [0.5, 0.6) is 0 Å². The zero-order valence-corrected chi connectivity index (χ0v) is 19.9. The van der Waals surface area contributed by atoms with Crippen molar-refractivity contribution in [3.63, 3.8) is 0 Å². The number of hydrogen-bond donors (Lipinski definition) is 2. The van der Waals surface area contributed by atoms with Crippen LogP contribution in [-0.4, -0.2) is 64.6 Å². The van der Waals surface area contributed by atoms with Crippen molar-refractivity contribution in [1.29, 1.82) is 0 Å². The minimum Gasteiger partial charge on any atom is -0.379 e. The smallest absolute Gasteiger partial charge is 0.243 e. The molecule has 2 aliphatic heterocycles. The standard InChI is InChI=1S/C24H32N4O4S/c1-19-9-10-20(33(30,31)28-13-15-32-16-14-28)17-22(19)26-24(29)18-25-21-7-3-4-8-23(21)27-11-5-2-6-12-27/h3-4,7-10,17,25H,2,5-6,11-16,18H2,1H3,(H,26,29). The average Bonchev–Trinajstić information content (AvgIpc) is 2.85. The first-order valence-corrected chi connectivity index (χ1v) is 13.0. The molecule has 2 saturated heterocycles. The van der Waals surface area contributed by atoms with Crippen LogP contribution in [0.1, 0.15) is 24.8 Å². The molecule has 2 aromatic carbocycles. The van der Waals surface area contributed by atoms with Gasteiger partial charge in [-0.3, -0.25) is 4.79 Å². The van der Waals surface area contributed by atoms with Crippen LogP contribution in [0.3, 0.4) is 0 Å². The van der Waals surface area contributed by atoms with E-state index in [9.17, 15) is 13.2 Å². The van der Waals surface area contributed by atoms with Crippen molar-refractivity contribution in [2.45, 2.75) is 31.1 Å². The van der Waals surface area contributed by atoms with Gasteiger partial charge in [0.2, 0.25) is 15.9 Å². The van der Waals surface area contributed by atoms with Gasteiger partial charge in [0.05, 0.1) is 36.0 Å². The lowest BCUT2D eigenvalue weighted by Crippen LogP contribution is -2.40. The number of hydrogen-bond acceptors (Lipinski definition) is 6. The number of amides is 1. The van der Waals surface area contributed by atoms with E-state index >= 15 is 0 Å². The monoisotopic (exact) mass is 472 g/mol. The highest BCUT2D eigenvalue weighted by molar-refractivity contribution is 7.89. The van der Waals surface area contributed by atoms with E-state index in [0.717, 1.165) is 30.0 Å². The first-order valence-electron chi connectivity index (χ1n) is 11.5. The third-order valence-corrected chi connectivity index (χ3v) is 8.03. The molecule has 33 heavy (non-hydrogen) atoms. The maximum atomic E-state index is 13.0. The largest absolute Gasteiger partial charge is 0.379 e. The van der Waals surface area contributed by atoms with E-state index in [4.69, 9.17) is 4.74 Å². The van der Waals surface area contributed by atoms with Gasteiger partial charge in [0.15, 0.2) is 0 Å². The van der Waals surface area contributed by atoms with E-state index < -0.39 is 10.0 Å². The topological polar surface area (TPSA) is 91.0 Å². The number of nitrogens with zero attached hydrogens (tertiary/aromatic N) is 2. The minimum absolute atomic E-state index is 0.0880. The summed E-state index contributed by atoms with van der Waals surface area (Å²) in [6.45, 7) is 5.42. The summed E-state index contributed by atoms with van der Waals surface area (Å²) >= 11 is 0. The molecule has 0 saturated carbocycles. The SMILES string of the molecule is Cc1ccc(S(=O)(=O)N2CCOCC2)cc1NC(=O)CNc1ccccc1N1CCCCC1. The first kappa shape index (κ1) is 23.5. The summed E-state index contributed by atoms with van der Waals surface area (Å²) in [5.41, 5.74) is 3.34. The minimum atomic E-state index is -3.63. The highest BCUT2D eigenvalue weighted by Crippen LogP contribution is 2.28. The molecule has 9 heteroatoms. The van der Waals surface area contributed by atoms with Crippen molar-refractivity contribution >= 4 is 33.0 Å². The van der Waals surface area contributed by atoms with E-state index in [-0.39, 0.29) is 17.3 Å². The maximum absolute atomic E-state index is 13.0. The molecule has 0 spiro atoms. The molecule has 0 unspecified atom stereocenters. The first-order chi connectivity index (χ1) is 15.9. The fourth-order valence-electron chi connectivity index (χ4n) is 4.24. The molecular formula is C24H32N4O4S. The third kappa shape index (κ3) is 5.66. The predicted octanol–water partition coefficient (Wildman–Crippen LogP) is 3.06. The zero-order chi connectivity index (χ0) is 23.3. The molecule has 1 amide bonds. The van der Waals surface area contributed by atoms with Crippen molar-refractivity contribution in [2.75, 3.05) is 61.5 Å². The molecule has 0 aliphatic carbocycles. The van der Waals surface area contributed by atoms with Gasteiger partial charge in [-0.05, 0) is 56.0 Å². The number of ether oxygens (including phenoxy) is 1. The van der Waals surface area contributed by atoms with Crippen molar-refractivity contribution in [2.24, 2.45) is 0 Å². The van der Waals surface area contributed by atoms with Crippen molar-refractivity contribution in [1.82, 2.24) is 4.31 Å². The highest BCUT2D eigenvalue weighted by atomic mass is 32.2. The molecule has 2 heterocycles. The molecule has 2 aromatic rings. The van der Waals surface area contributed by atoms with Gasteiger partial charge in [0.1, 0.15) is 0 Å². The summed E-state index contributed by atoms with van der Waals surface area (Å²) in [6.07, 6.45) is 3.61. The number of benzene rings is 2. The lowest BCUT2D eigenvalue weighted by molar-refractivity contribution is -0.114. The third-order valence-electron chi connectivity index (χ3n) is 6.13. The lowest BCUT2D eigenvalue weighted by atomic mass is 10.1. The highest BCUT2D eigenvalue weighted by Gasteiger charge is 2.27. The van der Waals surface area contributed by atoms with Crippen LogP contribution in [0.2, 0.25) is 0 Å². The molecular weight excluding hydrogens is 440 g/mol. The van der Waals surface area contributed by atoms with Gasteiger partial charge in [-0.15, -0.1) is 0 Å². The van der Waals surface area contributed by atoms with Gasteiger partial charge in [0.25, 0.3) is 0 Å². The molecule has 2 fully saturated rings. The van der Waals surface area contributed by atoms with Gasteiger partial charge in [-0.1, -0.05) is 18.2 Å². The van der Waals surface area contributed by atoms with E-state index in [1.807, 2.05) is 25.1 Å². The van der Waals surface area contributed by atoms with Crippen LogP contribution in [-0.2, 0) is 19.6 Å². The normalized spacial score (nSPS) is 17.5. The summed E-state index contributed by atoms with van der Waals surface area (Å²) in [5.74, 6) is -0.229. The van der Waals surface area contributed by atoms with E-state index in [2.05, 4.69) is 21.6 Å².